The summed E-state index contributed by atoms with van der Waals surface area (Å²) in [7, 11) is 2.06. The molecule has 4 nitrogen and oxygen atoms in total. The first-order valence-electron chi connectivity index (χ1n) is 7.18. The molecule has 1 N–H and O–H groups in total. The molecule has 5 heteroatoms. The summed E-state index contributed by atoms with van der Waals surface area (Å²) in [5.74, 6) is 0.968. The number of anilines is 2. The molecule has 3 aromatic rings. The number of hydrogen-bond acceptors (Lipinski definition) is 5. The number of thiazole rings is 1. The maximum Gasteiger partial charge on any atom is 0.187 e. The third-order valence-electron chi connectivity index (χ3n) is 3.29. The predicted molar refractivity (Wildman–Crippen MR) is 90.5 cm³/mol. The minimum atomic E-state index is 0.783. The Morgan fingerprint density at radius 3 is 2.73 bits per heavy atom. The van der Waals surface area contributed by atoms with E-state index in [-0.39, 0.29) is 0 Å². The predicted octanol–water partition coefficient (Wildman–Crippen LogP) is 4.42. The third kappa shape index (κ3) is 3.96. The minimum Gasteiger partial charge on any atom is -0.468 e. The van der Waals surface area contributed by atoms with E-state index in [9.17, 15) is 0 Å². The number of benzene rings is 1. The molecule has 22 heavy (non-hydrogen) atoms. The summed E-state index contributed by atoms with van der Waals surface area (Å²) in [6.45, 7) is 3.66. The lowest BCUT2D eigenvalue weighted by Crippen LogP contribution is -2.17. The van der Waals surface area contributed by atoms with Crippen LogP contribution in [0.3, 0.4) is 0 Å². The van der Waals surface area contributed by atoms with E-state index in [0.29, 0.717) is 0 Å². The summed E-state index contributed by atoms with van der Waals surface area (Å²) in [4.78, 5) is 6.82. The number of hydrogen-bond donors (Lipinski definition) is 1. The first-order valence-corrected chi connectivity index (χ1v) is 8.06. The number of furan rings is 1. The van der Waals surface area contributed by atoms with Crippen molar-refractivity contribution in [1.82, 2.24) is 9.88 Å². The molecule has 0 aliphatic carbocycles. The molecule has 0 spiro atoms. The van der Waals surface area contributed by atoms with Crippen LogP contribution in [0, 0.1) is 6.92 Å². The highest BCUT2D eigenvalue weighted by Gasteiger charge is 2.07. The molecule has 1 aromatic carbocycles. The zero-order valence-corrected chi connectivity index (χ0v) is 13.6. The average molecular weight is 313 g/mol. The van der Waals surface area contributed by atoms with E-state index >= 15 is 0 Å². The maximum absolute atomic E-state index is 5.36. The number of nitrogens with one attached hydrogen (secondary N) is 1. The van der Waals surface area contributed by atoms with Gasteiger partial charge >= 0.3 is 0 Å². The van der Waals surface area contributed by atoms with Gasteiger partial charge in [0.05, 0.1) is 18.5 Å². The molecule has 0 bridgehead atoms. The second kappa shape index (κ2) is 6.77. The highest BCUT2D eigenvalue weighted by Crippen LogP contribution is 2.22. The Bertz CT molecular complexity index is 704. The fourth-order valence-electron chi connectivity index (χ4n) is 2.20. The number of nitrogens with zero attached hydrogens (tertiary/aromatic N) is 2. The molecule has 0 aliphatic rings. The summed E-state index contributed by atoms with van der Waals surface area (Å²) in [6, 6.07) is 12.2. The van der Waals surface area contributed by atoms with Crippen LogP contribution in [0.5, 0.6) is 0 Å². The Labute approximate surface area is 134 Å². The van der Waals surface area contributed by atoms with Crippen LogP contribution >= 0.6 is 11.3 Å². The van der Waals surface area contributed by atoms with Gasteiger partial charge in [-0.3, -0.25) is 4.90 Å². The first kappa shape index (κ1) is 14.8. The topological polar surface area (TPSA) is 41.3 Å². The quantitative estimate of drug-likeness (QED) is 0.731. The van der Waals surface area contributed by atoms with Gasteiger partial charge in [0.1, 0.15) is 5.76 Å². The minimum absolute atomic E-state index is 0.783. The molecule has 3 rings (SSSR count). The molecule has 0 fully saturated rings. The Morgan fingerprint density at radius 2 is 2.00 bits per heavy atom. The summed E-state index contributed by atoms with van der Waals surface area (Å²) >= 11 is 1.63. The Kier molecular flexibility index (Phi) is 4.56. The van der Waals surface area contributed by atoms with Gasteiger partial charge in [0, 0.05) is 17.6 Å². The van der Waals surface area contributed by atoms with Crippen molar-refractivity contribution in [2.24, 2.45) is 0 Å². The monoisotopic (exact) mass is 313 g/mol. The fraction of sp³-hybridized carbons (Fsp3) is 0.235. The Morgan fingerprint density at radius 1 is 1.18 bits per heavy atom. The molecular formula is C17H19N3OS. The Hall–Kier alpha value is -2.11. The van der Waals surface area contributed by atoms with Crippen molar-refractivity contribution in [3.05, 3.63) is 65.1 Å². The largest absolute Gasteiger partial charge is 0.468 e. The van der Waals surface area contributed by atoms with Gasteiger partial charge in [0.25, 0.3) is 0 Å². The van der Waals surface area contributed by atoms with Crippen LogP contribution in [0.25, 0.3) is 0 Å². The molecule has 0 aliphatic heterocycles. The van der Waals surface area contributed by atoms with Crippen molar-refractivity contribution < 1.29 is 4.42 Å². The normalized spacial score (nSPS) is 11.0. The molecule has 0 unspecified atom stereocenters. The molecule has 2 aromatic heterocycles. The van der Waals surface area contributed by atoms with Gasteiger partial charge in [0.15, 0.2) is 5.13 Å². The summed E-state index contributed by atoms with van der Waals surface area (Å²) in [5, 5.41) is 6.35. The Balaban J connectivity index is 1.57. The van der Waals surface area contributed by atoms with Crippen LogP contribution in [-0.2, 0) is 13.1 Å². The number of aromatic nitrogens is 1. The third-order valence-corrected chi connectivity index (χ3v) is 4.10. The van der Waals surface area contributed by atoms with Crippen molar-refractivity contribution in [3.63, 3.8) is 0 Å². The standard InChI is InChI=1S/C17H19N3OS/c1-13-5-7-14(8-6-13)18-17-19-15(12-22-17)10-20(2)11-16-4-3-9-21-16/h3-9,12H,10-11H2,1-2H3,(H,18,19). The molecule has 0 saturated carbocycles. The van der Waals surface area contributed by atoms with Crippen LogP contribution in [0.2, 0.25) is 0 Å². The highest BCUT2D eigenvalue weighted by molar-refractivity contribution is 7.13. The van der Waals surface area contributed by atoms with E-state index in [4.69, 9.17) is 4.42 Å². The summed E-state index contributed by atoms with van der Waals surface area (Å²) < 4.78 is 5.36. The molecule has 0 radical (unpaired) electrons. The lowest BCUT2D eigenvalue weighted by Gasteiger charge is -2.13. The van der Waals surface area contributed by atoms with Crippen LogP contribution in [0.1, 0.15) is 17.0 Å². The van der Waals surface area contributed by atoms with Gasteiger partial charge < -0.3 is 9.73 Å². The van der Waals surface area contributed by atoms with Crippen LogP contribution in [0.4, 0.5) is 10.8 Å². The van der Waals surface area contributed by atoms with E-state index in [1.165, 1.54) is 5.56 Å². The second-order valence-corrected chi connectivity index (χ2v) is 6.24. The van der Waals surface area contributed by atoms with Crippen LogP contribution < -0.4 is 5.32 Å². The van der Waals surface area contributed by atoms with Crippen molar-refractivity contribution in [2.45, 2.75) is 20.0 Å². The SMILES string of the molecule is Cc1ccc(Nc2nc(CN(C)Cc3ccco3)cs2)cc1. The van der Waals surface area contributed by atoms with Gasteiger partial charge in [-0.2, -0.15) is 0 Å². The fourth-order valence-corrected chi connectivity index (χ4v) is 2.92. The average Bonchev–Trinajstić information content (AvgIpc) is 3.14. The first-order chi connectivity index (χ1) is 10.7. The zero-order valence-electron chi connectivity index (χ0n) is 12.7. The van der Waals surface area contributed by atoms with E-state index < -0.39 is 0 Å². The summed E-state index contributed by atoms with van der Waals surface area (Å²) in [5.41, 5.74) is 3.38. The van der Waals surface area contributed by atoms with Crippen LogP contribution in [-0.4, -0.2) is 16.9 Å². The highest BCUT2D eigenvalue weighted by atomic mass is 32.1. The number of rotatable bonds is 6. The van der Waals surface area contributed by atoms with Gasteiger partial charge in [-0.25, -0.2) is 4.98 Å². The molecule has 0 amide bonds. The van der Waals surface area contributed by atoms with Gasteiger partial charge in [-0.05, 0) is 38.2 Å². The van der Waals surface area contributed by atoms with E-state index in [2.05, 4.69) is 58.8 Å². The van der Waals surface area contributed by atoms with E-state index in [0.717, 1.165) is 35.4 Å². The molecular weight excluding hydrogens is 294 g/mol. The molecule has 0 saturated heterocycles. The lowest BCUT2D eigenvalue weighted by atomic mass is 10.2. The second-order valence-electron chi connectivity index (χ2n) is 5.39. The number of aryl methyl sites for hydroxylation is 1. The van der Waals surface area contributed by atoms with Crippen molar-refractivity contribution in [2.75, 3.05) is 12.4 Å². The van der Waals surface area contributed by atoms with Crippen molar-refractivity contribution in [1.29, 1.82) is 0 Å². The van der Waals surface area contributed by atoms with Gasteiger partial charge in [0.2, 0.25) is 0 Å². The van der Waals surface area contributed by atoms with Crippen LogP contribution in [0.15, 0.2) is 52.5 Å². The van der Waals surface area contributed by atoms with E-state index in [1.807, 2.05) is 12.1 Å². The zero-order chi connectivity index (χ0) is 15.4. The smallest absolute Gasteiger partial charge is 0.187 e. The van der Waals surface area contributed by atoms with Gasteiger partial charge in [-0.1, -0.05) is 17.7 Å². The van der Waals surface area contributed by atoms with Gasteiger partial charge in [-0.15, -0.1) is 11.3 Å². The molecule has 0 atom stereocenters. The van der Waals surface area contributed by atoms with Crippen molar-refractivity contribution >= 4 is 22.2 Å². The lowest BCUT2D eigenvalue weighted by molar-refractivity contribution is 0.285. The molecule has 114 valence electrons. The molecule has 2 heterocycles. The van der Waals surface area contributed by atoms with E-state index in [1.54, 1.807) is 17.6 Å². The maximum atomic E-state index is 5.36. The summed E-state index contributed by atoms with van der Waals surface area (Å²) in [6.07, 6.45) is 1.70. The van der Waals surface area contributed by atoms with Crippen molar-refractivity contribution in [3.8, 4) is 0 Å².